The van der Waals surface area contributed by atoms with Crippen molar-refractivity contribution in [3.8, 4) is 11.4 Å². The van der Waals surface area contributed by atoms with Gasteiger partial charge in [0.15, 0.2) is 0 Å². The molecule has 2 aromatic carbocycles. The van der Waals surface area contributed by atoms with Crippen LogP contribution in [0.5, 0.6) is 5.75 Å². The van der Waals surface area contributed by atoms with Crippen LogP contribution < -0.4 is 0 Å². The summed E-state index contributed by atoms with van der Waals surface area (Å²) in [6, 6.07) is 17.4. The normalized spacial score (nSPS) is 15.0. The smallest absolute Gasteiger partial charge is 0.257 e. The number of benzene rings is 2. The van der Waals surface area contributed by atoms with Gasteiger partial charge in [-0.15, -0.1) is 0 Å². The fourth-order valence-electron chi connectivity index (χ4n) is 4.02. The van der Waals surface area contributed by atoms with Crippen LogP contribution >= 0.6 is 0 Å². The number of aromatic nitrogens is 2. The van der Waals surface area contributed by atoms with Gasteiger partial charge in [-0.05, 0) is 55.0 Å². The third kappa shape index (κ3) is 3.52. The molecule has 5 nitrogen and oxygen atoms in total. The maximum Gasteiger partial charge on any atom is 0.257 e. The van der Waals surface area contributed by atoms with E-state index in [9.17, 15) is 9.90 Å². The maximum atomic E-state index is 13.2. The number of hydrogen-bond acceptors (Lipinski definition) is 3. The van der Waals surface area contributed by atoms with Crippen molar-refractivity contribution in [2.75, 3.05) is 13.1 Å². The van der Waals surface area contributed by atoms with E-state index in [1.54, 1.807) is 18.3 Å². The van der Waals surface area contributed by atoms with Crippen molar-refractivity contribution < 1.29 is 9.90 Å². The highest BCUT2D eigenvalue weighted by atomic mass is 16.3. The highest BCUT2D eigenvalue weighted by Gasteiger charge is 2.27. The molecule has 1 aliphatic heterocycles. The quantitative estimate of drug-likeness (QED) is 0.745. The number of amides is 1. The molecular weight excluding hydrogens is 350 g/mol. The SMILES string of the molecule is CCc1c(C(=O)N2CCC(c3ccc(O)cc3)CC2)cnn1-c1ccccc1. The van der Waals surface area contributed by atoms with Gasteiger partial charge in [-0.25, -0.2) is 4.68 Å². The van der Waals surface area contributed by atoms with Crippen LogP contribution in [0.15, 0.2) is 60.8 Å². The largest absolute Gasteiger partial charge is 0.508 e. The van der Waals surface area contributed by atoms with Crippen LogP contribution in [-0.4, -0.2) is 38.8 Å². The summed E-state index contributed by atoms with van der Waals surface area (Å²) in [6.45, 7) is 3.54. The molecule has 1 saturated heterocycles. The van der Waals surface area contributed by atoms with Gasteiger partial charge in [0.2, 0.25) is 0 Å². The lowest BCUT2D eigenvalue weighted by Crippen LogP contribution is -2.38. The van der Waals surface area contributed by atoms with E-state index >= 15 is 0 Å². The van der Waals surface area contributed by atoms with Gasteiger partial charge in [-0.3, -0.25) is 4.79 Å². The molecule has 0 spiro atoms. The predicted molar refractivity (Wildman–Crippen MR) is 109 cm³/mol. The Bertz CT molecular complexity index is 940. The summed E-state index contributed by atoms with van der Waals surface area (Å²) in [5, 5.41) is 14.0. The highest BCUT2D eigenvalue weighted by molar-refractivity contribution is 5.95. The maximum absolute atomic E-state index is 13.2. The van der Waals surface area contributed by atoms with E-state index in [1.165, 1.54) is 5.56 Å². The summed E-state index contributed by atoms with van der Waals surface area (Å²) in [4.78, 5) is 15.1. The number of piperidine rings is 1. The molecule has 0 unspecified atom stereocenters. The van der Waals surface area contributed by atoms with Crippen molar-refractivity contribution in [1.82, 2.24) is 14.7 Å². The Kier molecular flexibility index (Phi) is 5.15. The van der Waals surface area contributed by atoms with Gasteiger partial charge in [-0.2, -0.15) is 5.10 Å². The van der Waals surface area contributed by atoms with Gasteiger partial charge in [-0.1, -0.05) is 37.3 Å². The van der Waals surface area contributed by atoms with E-state index in [1.807, 2.05) is 52.0 Å². The van der Waals surface area contributed by atoms with Gasteiger partial charge < -0.3 is 10.0 Å². The lowest BCUT2D eigenvalue weighted by molar-refractivity contribution is 0.0712. The first-order chi connectivity index (χ1) is 13.7. The number of rotatable bonds is 4. The molecule has 0 bridgehead atoms. The Morgan fingerprint density at radius 2 is 1.75 bits per heavy atom. The van der Waals surface area contributed by atoms with E-state index in [2.05, 4.69) is 12.0 Å². The fourth-order valence-corrected chi connectivity index (χ4v) is 4.02. The van der Waals surface area contributed by atoms with Crippen LogP contribution in [0.2, 0.25) is 0 Å². The minimum Gasteiger partial charge on any atom is -0.508 e. The number of nitrogens with zero attached hydrogens (tertiary/aromatic N) is 3. The van der Waals surface area contributed by atoms with Crippen molar-refractivity contribution >= 4 is 5.91 Å². The van der Waals surface area contributed by atoms with E-state index in [0.29, 0.717) is 17.2 Å². The first-order valence-corrected chi connectivity index (χ1v) is 9.88. The van der Waals surface area contributed by atoms with Gasteiger partial charge in [0, 0.05) is 13.1 Å². The van der Waals surface area contributed by atoms with E-state index in [-0.39, 0.29) is 5.91 Å². The van der Waals surface area contributed by atoms with Crippen LogP contribution in [-0.2, 0) is 6.42 Å². The molecule has 2 heterocycles. The second-order valence-electron chi connectivity index (χ2n) is 7.26. The summed E-state index contributed by atoms with van der Waals surface area (Å²) in [6.07, 6.45) is 4.33. The number of carbonyl (C=O) groups excluding carboxylic acids is 1. The highest BCUT2D eigenvalue weighted by Crippen LogP contribution is 2.30. The van der Waals surface area contributed by atoms with Gasteiger partial charge in [0.25, 0.3) is 5.91 Å². The lowest BCUT2D eigenvalue weighted by atomic mass is 9.89. The minimum absolute atomic E-state index is 0.0724. The zero-order valence-corrected chi connectivity index (χ0v) is 16.1. The summed E-state index contributed by atoms with van der Waals surface area (Å²) in [5.41, 5.74) is 3.87. The molecule has 0 atom stereocenters. The molecule has 0 aliphatic carbocycles. The van der Waals surface area contributed by atoms with E-state index in [4.69, 9.17) is 0 Å². The van der Waals surface area contributed by atoms with E-state index < -0.39 is 0 Å². The molecule has 1 aliphatic rings. The summed E-state index contributed by atoms with van der Waals surface area (Å²) >= 11 is 0. The number of likely N-dealkylation sites (tertiary alicyclic amines) is 1. The Hall–Kier alpha value is -3.08. The molecule has 1 N–H and O–H groups in total. The molecule has 28 heavy (non-hydrogen) atoms. The van der Waals surface area contributed by atoms with Crippen LogP contribution in [0.25, 0.3) is 5.69 Å². The third-order valence-corrected chi connectivity index (χ3v) is 5.58. The van der Waals surface area contributed by atoms with Crippen LogP contribution in [0.3, 0.4) is 0 Å². The van der Waals surface area contributed by atoms with Crippen molar-refractivity contribution in [2.24, 2.45) is 0 Å². The van der Waals surface area contributed by atoms with Crippen LogP contribution in [0, 0.1) is 0 Å². The van der Waals surface area contributed by atoms with Crippen LogP contribution in [0.1, 0.15) is 47.3 Å². The molecule has 4 rings (SSSR count). The number of hydrogen-bond donors (Lipinski definition) is 1. The molecule has 0 radical (unpaired) electrons. The van der Waals surface area contributed by atoms with Crippen molar-refractivity contribution in [1.29, 1.82) is 0 Å². The van der Waals surface area contributed by atoms with Crippen molar-refractivity contribution in [3.05, 3.63) is 77.6 Å². The van der Waals surface area contributed by atoms with Crippen LogP contribution in [0.4, 0.5) is 0 Å². The Labute approximate surface area is 165 Å². The standard InChI is InChI=1S/C23H25N3O2/c1-2-22-21(16-24-26(22)19-6-4-3-5-7-19)23(28)25-14-12-18(13-15-25)17-8-10-20(27)11-9-17/h3-11,16,18,27H,2,12-15H2,1H3. The molecule has 1 aromatic heterocycles. The van der Waals surface area contributed by atoms with Gasteiger partial charge in [0.05, 0.1) is 23.1 Å². The summed E-state index contributed by atoms with van der Waals surface area (Å²) in [7, 11) is 0. The average Bonchev–Trinajstić information content (AvgIpc) is 3.18. The molecule has 3 aromatic rings. The molecule has 1 amide bonds. The number of carbonyl (C=O) groups is 1. The zero-order valence-electron chi connectivity index (χ0n) is 16.1. The van der Waals surface area contributed by atoms with Crippen molar-refractivity contribution in [2.45, 2.75) is 32.1 Å². The number of phenols is 1. The number of phenolic OH excluding ortho intramolecular Hbond substituents is 1. The second-order valence-corrected chi connectivity index (χ2v) is 7.26. The molecular formula is C23H25N3O2. The first-order valence-electron chi connectivity index (χ1n) is 9.88. The molecule has 144 valence electrons. The van der Waals surface area contributed by atoms with E-state index in [0.717, 1.165) is 43.7 Å². The third-order valence-electron chi connectivity index (χ3n) is 5.58. The van der Waals surface area contributed by atoms with Gasteiger partial charge in [0.1, 0.15) is 5.75 Å². The molecule has 5 heteroatoms. The Morgan fingerprint density at radius 1 is 1.07 bits per heavy atom. The number of aromatic hydroxyl groups is 1. The topological polar surface area (TPSA) is 58.4 Å². The second kappa shape index (κ2) is 7.89. The Morgan fingerprint density at radius 3 is 2.39 bits per heavy atom. The summed E-state index contributed by atoms with van der Waals surface area (Å²) < 4.78 is 1.87. The predicted octanol–water partition coefficient (Wildman–Crippen LogP) is 4.16. The van der Waals surface area contributed by atoms with Gasteiger partial charge >= 0.3 is 0 Å². The molecule has 0 saturated carbocycles. The van der Waals surface area contributed by atoms with Crippen molar-refractivity contribution in [3.63, 3.8) is 0 Å². The lowest BCUT2D eigenvalue weighted by Gasteiger charge is -2.32. The summed E-state index contributed by atoms with van der Waals surface area (Å²) in [5.74, 6) is 0.796. The minimum atomic E-state index is 0.0724. The monoisotopic (exact) mass is 375 g/mol. The average molecular weight is 375 g/mol. The first kappa shape index (κ1) is 18.3. The zero-order chi connectivity index (χ0) is 19.5. The number of para-hydroxylation sites is 1. The fraction of sp³-hybridized carbons (Fsp3) is 0.304. The molecule has 1 fully saturated rings. The Balaban J connectivity index is 1.48.